The number of methoxy groups -OCH3 is 1. The van der Waals surface area contributed by atoms with E-state index in [9.17, 15) is 0 Å². The minimum absolute atomic E-state index is 0.569. The Labute approximate surface area is 94.7 Å². The van der Waals surface area contributed by atoms with E-state index in [0.29, 0.717) is 19.0 Å². The van der Waals surface area contributed by atoms with Gasteiger partial charge < -0.3 is 10.5 Å². The third-order valence-corrected chi connectivity index (χ3v) is 2.71. The van der Waals surface area contributed by atoms with E-state index < -0.39 is 0 Å². The van der Waals surface area contributed by atoms with Gasteiger partial charge in [0.25, 0.3) is 0 Å². The molecule has 0 radical (unpaired) electrons. The maximum Gasteiger partial charge on any atom is 0.125 e. The van der Waals surface area contributed by atoms with Gasteiger partial charge in [0.2, 0.25) is 0 Å². The highest BCUT2D eigenvalue weighted by Gasteiger charge is 1.97. The Morgan fingerprint density at radius 3 is 2.60 bits per heavy atom. The summed E-state index contributed by atoms with van der Waals surface area (Å²) in [5.74, 6) is 0.569. The van der Waals surface area contributed by atoms with Crippen molar-refractivity contribution >= 4 is 17.6 Å². The number of benzene rings is 1. The number of thioether (sulfide) groups is 1. The molecule has 3 nitrogen and oxygen atoms in total. The first-order valence-electron chi connectivity index (χ1n) is 4.71. The van der Waals surface area contributed by atoms with Crippen LogP contribution in [-0.4, -0.2) is 32.4 Å². The summed E-state index contributed by atoms with van der Waals surface area (Å²) < 4.78 is 4.90. The van der Waals surface area contributed by atoms with E-state index in [1.807, 2.05) is 30.5 Å². The van der Waals surface area contributed by atoms with Crippen LogP contribution in [0.1, 0.15) is 5.56 Å². The summed E-state index contributed by atoms with van der Waals surface area (Å²) >= 11 is 1.71. The van der Waals surface area contributed by atoms with E-state index in [0.717, 1.165) is 5.56 Å². The second-order valence-electron chi connectivity index (χ2n) is 2.99. The number of aliphatic imine (C=N–C) groups is 1. The maximum atomic E-state index is 5.81. The highest BCUT2D eigenvalue weighted by molar-refractivity contribution is 7.98. The van der Waals surface area contributed by atoms with E-state index in [1.54, 1.807) is 18.9 Å². The van der Waals surface area contributed by atoms with Gasteiger partial charge in [0, 0.05) is 17.6 Å². The van der Waals surface area contributed by atoms with Crippen molar-refractivity contribution in [2.24, 2.45) is 10.7 Å². The zero-order valence-corrected chi connectivity index (χ0v) is 9.88. The lowest BCUT2D eigenvalue weighted by atomic mass is 10.2. The maximum absolute atomic E-state index is 5.81. The molecule has 0 atom stereocenters. The van der Waals surface area contributed by atoms with Crippen molar-refractivity contribution in [2.45, 2.75) is 4.90 Å². The van der Waals surface area contributed by atoms with Gasteiger partial charge in [-0.25, -0.2) is 0 Å². The molecule has 0 aliphatic carbocycles. The summed E-state index contributed by atoms with van der Waals surface area (Å²) in [6, 6.07) is 8.05. The standard InChI is InChI=1S/C11H16N2OS/c1-14-8-7-13-11(12)9-3-5-10(15-2)6-4-9/h3-6H,7-8H2,1-2H3,(H2,12,13). The first-order valence-corrected chi connectivity index (χ1v) is 5.93. The first-order chi connectivity index (χ1) is 7.27. The van der Waals surface area contributed by atoms with Gasteiger partial charge in [-0.1, -0.05) is 12.1 Å². The molecule has 0 bridgehead atoms. The van der Waals surface area contributed by atoms with Crippen molar-refractivity contribution in [2.75, 3.05) is 26.5 Å². The molecule has 0 fully saturated rings. The molecule has 82 valence electrons. The molecule has 2 N–H and O–H groups in total. The average molecular weight is 224 g/mol. The van der Waals surface area contributed by atoms with E-state index >= 15 is 0 Å². The zero-order valence-electron chi connectivity index (χ0n) is 9.06. The summed E-state index contributed by atoms with van der Waals surface area (Å²) in [5.41, 5.74) is 6.78. The smallest absolute Gasteiger partial charge is 0.125 e. The van der Waals surface area contributed by atoms with E-state index in [4.69, 9.17) is 10.5 Å². The fourth-order valence-corrected chi connectivity index (χ4v) is 1.52. The summed E-state index contributed by atoms with van der Waals surface area (Å²) in [7, 11) is 1.65. The summed E-state index contributed by atoms with van der Waals surface area (Å²) in [6.07, 6.45) is 2.05. The number of rotatable bonds is 5. The number of hydrogen-bond acceptors (Lipinski definition) is 3. The second kappa shape index (κ2) is 6.48. The van der Waals surface area contributed by atoms with Gasteiger partial charge in [-0.15, -0.1) is 11.8 Å². The predicted molar refractivity (Wildman–Crippen MR) is 65.7 cm³/mol. The lowest BCUT2D eigenvalue weighted by Gasteiger charge is -2.02. The minimum Gasteiger partial charge on any atom is -0.384 e. The van der Waals surface area contributed by atoms with E-state index in [1.165, 1.54) is 4.90 Å². The quantitative estimate of drug-likeness (QED) is 0.359. The highest BCUT2D eigenvalue weighted by Crippen LogP contribution is 2.14. The largest absolute Gasteiger partial charge is 0.384 e. The Hall–Kier alpha value is -1.00. The molecule has 1 rings (SSSR count). The molecule has 15 heavy (non-hydrogen) atoms. The van der Waals surface area contributed by atoms with E-state index in [2.05, 4.69) is 4.99 Å². The molecule has 4 heteroatoms. The van der Waals surface area contributed by atoms with E-state index in [-0.39, 0.29) is 0 Å². The Kier molecular flexibility index (Phi) is 5.21. The molecule has 0 unspecified atom stereocenters. The average Bonchev–Trinajstić information content (AvgIpc) is 2.29. The van der Waals surface area contributed by atoms with Crippen LogP contribution in [0, 0.1) is 0 Å². The molecule has 0 aromatic heterocycles. The molecule has 1 aromatic rings. The molecule has 0 heterocycles. The topological polar surface area (TPSA) is 47.6 Å². The molecule has 0 saturated heterocycles. The van der Waals surface area contributed by atoms with Crippen LogP contribution in [0.15, 0.2) is 34.2 Å². The number of amidine groups is 1. The van der Waals surface area contributed by atoms with Crippen LogP contribution >= 0.6 is 11.8 Å². The summed E-state index contributed by atoms with van der Waals surface area (Å²) in [6.45, 7) is 1.20. The molecule has 0 saturated carbocycles. The van der Waals surface area contributed by atoms with Crippen LogP contribution in [-0.2, 0) is 4.74 Å². The van der Waals surface area contributed by atoms with Gasteiger partial charge in [0.15, 0.2) is 0 Å². The van der Waals surface area contributed by atoms with Crippen LogP contribution in [0.25, 0.3) is 0 Å². The van der Waals surface area contributed by atoms with Crippen molar-refractivity contribution in [1.82, 2.24) is 0 Å². The van der Waals surface area contributed by atoms with Crippen molar-refractivity contribution in [3.8, 4) is 0 Å². The van der Waals surface area contributed by atoms with Gasteiger partial charge in [-0.05, 0) is 18.4 Å². The van der Waals surface area contributed by atoms with Gasteiger partial charge in [-0.2, -0.15) is 0 Å². The Morgan fingerprint density at radius 2 is 2.07 bits per heavy atom. The monoisotopic (exact) mass is 224 g/mol. The fourth-order valence-electron chi connectivity index (χ4n) is 1.11. The minimum atomic E-state index is 0.569. The molecular formula is C11H16N2OS. The fraction of sp³-hybridized carbons (Fsp3) is 0.364. The van der Waals surface area contributed by atoms with Crippen LogP contribution < -0.4 is 5.73 Å². The molecular weight excluding hydrogens is 208 g/mol. The Bertz CT molecular complexity index is 322. The highest BCUT2D eigenvalue weighted by atomic mass is 32.2. The van der Waals surface area contributed by atoms with Gasteiger partial charge in [0.05, 0.1) is 13.2 Å². The summed E-state index contributed by atoms with van der Waals surface area (Å²) in [5, 5.41) is 0. The van der Waals surface area contributed by atoms with Crippen LogP contribution in [0.3, 0.4) is 0 Å². The first kappa shape index (κ1) is 12.1. The van der Waals surface area contributed by atoms with Crippen molar-refractivity contribution in [1.29, 1.82) is 0 Å². The van der Waals surface area contributed by atoms with Crippen molar-refractivity contribution in [3.05, 3.63) is 29.8 Å². The number of hydrogen-bond donors (Lipinski definition) is 1. The Morgan fingerprint density at radius 1 is 1.40 bits per heavy atom. The lowest BCUT2D eigenvalue weighted by Crippen LogP contribution is -2.14. The van der Waals surface area contributed by atoms with Gasteiger partial charge in [-0.3, -0.25) is 4.99 Å². The second-order valence-corrected chi connectivity index (χ2v) is 3.87. The molecule has 0 amide bonds. The molecule has 0 aliphatic heterocycles. The van der Waals surface area contributed by atoms with Crippen molar-refractivity contribution in [3.63, 3.8) is 0 Å². The van der Waals surface area contributed by atoms with Gasteiger partial charge >= 0.3 is 0 Å². The third-order valence-electron chi connectivity index (χ3n) is 1.96. The number of nitrogens with zero attached hydrogens (tertiary/aromatic N) is 1. The molecule has 0 aliphatic rings. The van der Waals surface area contributed by atoms with Crippen molar-refractivity contribution < 1.29 is 4.74 Å². The van der Waals surface area contributed by atoms with Gasteiger partial charge in [0.1, 0.15) is 5.84 Å². The zero-order chi connectivity index (χ0) is 11.1. The predicted octanol–water partition coefficient (Wildman–Crippen LogP) is 1.76. The Balaban J connectivity index is 2.65. The third kappa shape index (κ3) is 3.93. The summed E-state index contributed by atoms with van der Waals surface area (Å²) in [4.78, 5) is 5.43. The van der Waals surface area contributed by atoms with Crippen LogP contribution in [0.2, 0.25) is 0 Å². The molecule has 1 aromatic carbocycles. The molecule has 0 spiro atoms. The number of ether oxygens (including phenoxy) is 1. The SMILES string of the molecule is COCCN=C(N)c1ccc(SC)cc1. The normalized spacial score (nSPS) is 11.7. The van der Waals surface area contributed by atoms with Crippen LogP contribution in [0.4, 0.5) is 0 Å². The number of nitrogens with two attached hydrogens (primary N) is 1. The van der Waals surface area contributed by atoms with Crippen LogP contribution in [0.5, 0.6) is 0 Å². The lowest BCUT2D eigenvalue weighted by molar-refractivity contribution is 0.208.